The van der Waals surface area contributed by atoms with Gasteiger partial charge in [-0.1, -0.05) is 24.4 Å². The van der Waals surface area contributed by atoms with E-state index < -0.39 is 0 Å². The minimum Gasteiger partial charge on any atom is -0.349 e. The van der Waals surface area contributed by atoms with E-state index in [1.54, 1.807) is 0 Å². The van der Waals surface area contributed by atoms with Crippen molar-refractivity contribution in [1.82, 2.24) is 15.0 Å². The highest BCUT2D eigenvalue weighted by Gasteiger charge is 2.20. The molecule has 2 aromatic heterocycles. The van der Waals surface area contributed by atoms with Crippen molar-refractivity contribution in [3.63, 3.8) is 0 Å². The maximum absolute atomic E-state index is 6.12. The summed E-state index contributed by atoms with van der Waals surface area (Å²) in [6.45, 7) is 8.18. The summed E-state index contributed by atoms with van der Waals surface area (Å²) >= 11 is 5.52. The Balaban J connectivity index is 1.61. The summed E-state index contributed by atoms with van der Waals surface area (Å²) in [4.78, 5) is 14.8. The van der Waals surface area contributed by atoms with Gasteiger partial charge in [0.15, 0.2) is 0 Å². The van der Waals surface area contributed by atoms with Crippen LogP contribution in [0.25, 0.3) is 11.3 Å². The lowest BCUT2D eigenvalue weighted by atomic mass is 9.97. The monoisotopic (exact) mass is 446 g/mol. The number of anilines is 3. The lowest BCUT2D eigenvalue weighted by molar-refractivity contribution is 0.459. The Kier molecular flexibility index (Phi) is 6.22. The molecule has 4 rings (SSSR count). The first-order valence-electron chi connectivity index (χ1n) is 11.0. The minimum absolute atomic E-state index is 0.152. The molecule has 3 heterocycles. The first kappa shape index (κ1) is 22.3. The third-order valence-corrected chi connectivity index (χ3v) is 5.84. The highest BCUT2D eigenvalue weighted by molar-refractivity contribution is 7.80. The average molecular weight is 447 g/mol. The maximum Gasteiger partial charge on any atom is 0.227 e. The largest absolute Gasteiger partial charge is 0.349 e. The van der Waals surface area contributed by atoms with Gasteiger partial charge in [-0.2, -0.15) is 0 Å². The van der Waals surface area contributed by atoms with E-state index in [0.717, 1.165) is 58.1 Å². The Hall–Kier alpha value is -2.90. The quantitative estimate of drug-likeness (QED) is 0.445. The second kappa shape index (κ2) is 8.92. The van der Waals surface area contributed by atoms with E-state index in [4.69, 9.17) is 22.9 Å². The predicted molar refractivity (Wildman–Crippen MR) is 136 cm³/mol. The zero-order valence-electron chi connectivity index (χ0n) is 19.1. The predicted octanol–water partition coefficient (Wildman–Crippen LogP) is 5.25. The van der Waals surface area contributed by atoms with E-state index >= 15 is 0 Å². The van der Waals surface area contributed by atoms with Crippen molar-refractivity contribution >= 4 is 34.5 Å². The van der Waals surface area contributed by atoms with Crippen LogP contribution in [0.3, 0.4) is 0 Å². The summed E-state index contributed by atoms with van der Waals surface area (Å²) in [5, 5.41) is 6.73. The van der Waals surface area contributed by atoms with Gasteiger partial charge in [0.1, 0.15) is 0 Å². The van der Waals surface area contributed by atoms with Gasteiger partial charge < -0.3 is 16.4 Å². The maximum atomic E-state index is 6.12. The molecule has 0 bridgehead atoms. The number of thiocarbonyl (C=S) groups is 1. The molecule has 1 aromatic carbocycles. The third-order valence-electron chi connectivity index (χ3n) is 5.60. The molecular formula is C25H30N6S. The molecule has 1 aliphatic heterocycles. The van der Waals surface area contributed by atoms with E-state index in [1.165, 1.54) is 11.1 Å². The van der Waals surface area contributed by atoms with Crippen LogP contribution in [0, 0.1) is 13.8 Å². The molecule has 4 N–H and O–H groups in total. The Morgan fingerprint density at radius 2 is 1.97 bits per heavy atom. The van der Waals surface area contributed by atoms with Crippen LogP contribution in [0.4, 0.5) is 17.3 Å². The van der Waals surface area contributed by atoms with Crippen molar-refractivity contribution in [2.75, 3.05) is 10.6 Å². The second-order valence-electron chi connectivity index (χ2n) is 9.29. The van der Waals surface area contributed by atoms with Crippen LogP contribution in [0.5, 0.6) is 0 Å². The van der Waals surface area contributed by atoms with E-state index in [1.807, 2.05) is 19.3 Å². The van der Waals surface area contributed by atoms with Crippen molar-refractivity contribution in [1.29, 1.82) is 0 Å². The van der Waals surface area contributed by atoms with E-state index in [-0.39, 0.29) is 5.54 Å². The molecule has 3 aromatic rings. The third kappa shape index (κ3) is 5.29. The number of nitrogens with zero attached hydrogens (tertiary/aromatic N) is 3. The van der Waals surface area contributed by atoms with Gasteiger partial charge in [-0.05, 0) is 70.2 Å². The second-order valence-corrected chi connectivity index (χ2v) is 9.78. The fourth-order valence-corrected chi connectivity index (χ4v) is 4.14. The number of nitrogens with one attached hydrogen (secondary N) is 2. The molecule has 0 fully saturated rings. The van der Waals surface area contributed by atoms with Gasteiger partial charge in [0.2, 0.25) is 5.95 Å². The highest BCUT2D eigenvalue weighted by Crippen LogP contribution is 2.34. The smallest absolute Gasteiger partial charge is 0.227 e. The summed E-state index contributed by atoms with van der Waals surface area (Å²) in [5.74, 6) is 0.549. The van der Waals surface area contributed by atoms with Crippen molar-refractivity contribution < 1.29 is 0 Å². The van der Waals surface area contributed by atoms with Crippen LogP contribution in [-0.2, 0) is 12.8 Å². The number of nitrogens with two attached hydrogens (primary N) is 1. The lowest BCUT2D eigenvalue weighted by Gasteiger charge is -2.18. The Morgan fingerprint density at radius 3 is 2.75 bits per heavy atom. The molecule has 0 unspecified atom stereocenters. The molecule has 0 aliphatic carbocycles. The number of hydrogen-bond acceptors (Lipinski definition) is 6. The van der Waals surface area contributed by atoms with Crippen LogP contribution in [0.15, 0.2) is 36.7 Å². The van der Waals surface area contributed by atoms with Gasteiger partial charge in [-0.3, -0.25) is 4.98 Å². The van der Waals surface area contributed by atoms with Gasteiger partial charge in [-0.25, -0.2) is 9.97 Å². The SMILES string of the molecule is Cc1ccc2c(c1)NC(=S)Cc1cnc(Nc3cc(CCCC(C)(C)N)cnc3C)nc1-2. The van der Waals surface area contributed by atoms with E-state index in [2.05, 4.69) is 65.6 Å². The Labute approximate surface area is 195 Å². The van der Waals surface area contributed by atoms with Crippen molar-refractivity contribution in [3.05, 3.63) is 59.0 Å². The number of hydrogen-bond donors (Lipinski definition) is 3. The van der Waals surface area contributed by atoms with Gasteiger partial charge in [0.05, 0.1) is 22.1 Å². The molecular weight excluding hydrogens is 416 g/mol. The van der Waals surface area contributed by atoms with Crippen LogP contribution < -0.4 is 16.4 Å². The number of rotatable bonds is 6. The highest BCUT2D eigenvalue weighted by atomic mass is 32.1. The van der Waals surface area contributed by atoms with E-state index in [9.17, 15) is 0 Å². The number of aromatic nitrogens is 3. The molecule has 0 saturated heterocycles. The topological polar surface area (TPSA) is 88.8 Å². The van der Waals surface area contributed by atoms with Crippen LogP contribution in [0.2, 0.25) is 0 Å². The number of pyridine rings is 1. The van der Waals surface area contributed by atoms with E-state index in [0.29, 0.717) is 12.4 Å². The van der Waals surface area contributed by atoms with Gasteiger partial charge in [-0.15, -0.1) is 0 Å². The molecule has 0 radical (unpaired) electrons. The molecule has 7 heteroatoms. The molecule has 1 aliphatic rings. The molecule has 0 spiro atoms. The fourth-order valence-electron chi connectivity index (χ4n) is 3.87. The molecule has 6 nitrogen and oxygen atoms in total. The standard InChI is InChI=1S/C25H30N6S/c1-15-7-8-19-21(10-15)29-22(32)12-18-14-28-24(31-23(18)19)30-20-11-17(13-27-16(20)2)6-5-9-25(3,4)26/h7-8,10-11,13-14H,5-6,9,12,26H2,1-4H3,(H,29,32)(H,28,30,31). The van der Waals surface area contributed by atoms with Crippen LogP contribution in [-0.4, -0.2) is 25.5 Å². The molecule has 32 heavy (non-hydrogen) atoms. The van der Waals surface area contributed by atoms with Crippen LogP contribution in [0.1, 0.15) is 49.1 Å². The zero-order chi connectivity index (χ0) is 22.9. The number of fused-ring (bicyclic) bond motifs is 3. The van der Waals surface area contributed by atoms with Gasteiger partial charge in [0.25, 0.3) is 0 Å². The normalized spacial score (nSPS) is 13.1. The first-order chi connectivity index (χ1) is 15.2. The zero-order valence-corrected chi connectivity index (χ0v) is 19.9. The molecule has 0 atom stereocenters. The Morgan fingerprint density at radius 1 is 1.16 bits per heavy atom. The first-order valence-corrected chi connectivity index (χ1v) is 11.4. The summed E-state index contributed by atoms with van der Waals surface area (Å²) in [6, 6.07) is 8.42. The van der Waals surface area contributed by atoms with Gasteiger partial charge >= 0.3 is 0 Å². The van der Waals surface area contributed by atoms with Crippen molar-refractivity contribution in [2.24, 2.45) is 5.73 Å². The van der Waals surface area contributed by atoms with Gasteiger partial charge in [0, 0.05) is 41.2 Å². The summed E-state index contributed by atoms with van der Waals surface area (Å²) in [7, 11) is 0. The molecule has 0 saturated carbocycles. The fraction of sp³-hybridized carbons (Fsp3) is 0.360. The summed E-state index contributed by atoms with van der Waals surface area (Å²) in [5.41, 5.74) is 14.1. The molecule has 166 valence electrons. The summed E-state index contributed by atoms with van der Waals surface area (Å²) in [6.07, 6.45) is 7.34. The van der Waals surface area contributed by atoms with Crippen LogP contribution >= 0.6 is 12.2 Å². The van der Waals surface area contributed by atoms with Crippen molar-refractivity contribution in [2.45, 2.75) is 58.9 Å². The van der Waals surface area contributed by atoms with Crippen molar-refractivity contribution in [3.8, 4) is 11.3 Å². The number of benzene rings is 1. The number of aryl methyl sites for hydroxylation is 3. The molecule has 0 amide bonds. The lowest BCUT2D eigenvalue weighted by Crippen LogP contribution is -2.31. The minimum atomic E-state index is -0.152. The average Bonchev–Trinajstić information content (AvgIpc) is 2.84. The Bertz CT molecular complexity index is 1170. The summed E-state index contributed by atoms with van der Waals surface area (Å²) < 4.78 is 0.